The first-order valence-corrected chi connectivity index (χ1v) is 7.71. The number of rotatable bonds is 5. The van der Waals surface area contributed by atoms with E-state index in [2.05, 4.69) is 5.32 Å². The zero-order valence-corrected chi connectivity index (χ0v) is 14.5. The van der Waals surface area contributed by atoms with Gasteiger partial charge in [0.15, 0.2) is 0 Å². The summed E-state index contributed by atoms with van der Waals surface area (Å²) in [5, 5.41) is 3.15. The number of hydrogen-bond donors (Lipinski definition) is 1. The Labute approximate surface area is 141 Å². The molecule has 8 heteroatoms. The van der Waals surface area contributed by atoms with Crippen LogP contribution in [0, 0.1) is 5.92 Å². The first kappa shape index (κ1) is 19.4. The van der Waals surface area contributed by atoms with Crippen LogP contribution in [0.25, 0.3) is 0 Å². The maximum absolute atomic E-state index is 12.3. The van der Waals surface area contributed by atoms with Crippen molar-refractivity contribution in [3.05, 3.63) is 33.1 Å². The summed E-state index contributed by atoms with van der Waals surface area (Å²) in [6, 6.07) is 1.30. The summed E-state index contributed by atoms with van der Waals surface area (Å²) in [6.07, 6.45) is 4.55. The second kappa shape index (κ2) is 8.88. The number of likely N-dealkylation sites (tertiary alicyclic amines) is 1. The van der Waals surface area contributed by atoms with E-state index in [1.807, 2.05) is 11.9 Å². The summed E-state index contributed by atoms with van der Waals surface area (Å²) < 4.78 is 2.30. The van der Waals surface area contributed by atoms with Crippen LogP contribution < -0.4 is 16.6 Å². The van der Waals surface area contributed by atoms with E-state index < -0.39 is 5.69 Å². The number of carbonyl (C=O) groups is 1. The molecule has 0 radical (unpaired) electrons. The van der Waals surface area contributed by atoms with Crippen molar-refractivity contribution in [3.8, 4) is 0 Å². The van der Waals surface area contributed by atoms with Crippen LogP contribution in [0.3, 0.4) is 0 Å². The fourth-order valence-electron chi connectivity index (χ4n) is 2.80. The van der Waals surface area contributed by atoms with Gasteiger partial charge in [0, 0.05) is 32.4 Å². The molecule has 1 aliphatic rings. The molecule has 2 heterocycles. The third kappa shape index (κ3) is 4.94. The van der Waals surface area contributed by atoms with E-state index in [0.29, 0.717) is 5.92 Å². The molecule has 1 fully saturated rings. The summed E-state index contributed by atoms with van der Waals surface area (Å²) in [5.74, 6) is 0.601. The molecule has 1 N–H and O–H groups in total. The third-order valence-electron chi connectivity index (χ3n) is 4.34. The quantitative estimate of drug-likeness (QED) is 0.803. The lowest BCUT2D eigenvalue weighted by Crippen LogP contribution is -2.44. The van der Waals surface area contributed by atoms with Crippen molar-refractivity contribution in [3.63, 3.8) is 0 Å². The average Bonchev–Trinajstić information content (AvgIpc) is 2.54. The van der Waals surface area contributed by atoms with Crippen molar-refractivity contribution in [2.45, 2.75) is 25.8 Å². The van der Waals surface area contributed by atoms with Crippen LogP contribution in [0.4, 0.5) is 0 Å². The lowest BCUT2D eigenvalue weighted by atomic mass is 9.93. The van der Waals surface area contributed by atoms with Gasteiger partial charge in [-0.2, -0.15) is 0 Å². The molecule has 0 aromatic carbocycles. The van der Waals surface area contributed by atoms with E-state index >= 15 is 0 Å². The summed E-state index contributed by atoms with van der Waals surface area (Å²) >= 11 is 0. The lowest BCUT2D eigenvalue weighted by Gasteiger charge is -2.32. The minimum Gasteiger partial charge on any atom is -0.341 e. The zero-order chi connectivity index (χ0) is 16.1. The van der Waals surface area contributed by atoms with Crippen molar-refractivity contribution in [1.82, 2.24) is 19.4 Å². The minimum absolute atomic E-state index is 0. The Balaban J connectivity index is 0.00000264. The Bertz CT molecular complexity index is 632. The van der Waals surface area contributed by atoms with Gasteiger partial charge in [-0.25, -0.2) is 4.79 Å². The van der Waals surface area contributed by atoms with Crippen LogP contribution >= 0.6 is 12.4 Å². The highest BCUT2D eigenvalue weighted by Gasteiger charge is 2.22. The van der Waals surface area contributed by atoms with Gasteiger partial charge < -0.3 is 10.2 Å². The van der Waals surface area contributed by atoms with Gasteiger partial charge >= 0.3 is 5.69 Å². The van der Waals surface area contributed by atoms with Crippen LogP contribution in [-0.4, -0.2) is 46.6 Å². The molecule has 1 saturated heterocycles. The van der Waals surface area contributed by atoms with Crippen molar-refractivity contribution < 1.29 is 4.79 Å². The standard InChI is InChI=1S/C15H24N4O3.ClH/c1-16-7-3-12-4-8-18(9-5-12)14(21)11-19-10-6-13(20)17(2)15(19)22;/h6,10,12,16H,3-5,7-9,11H2,1-2H3;1H. The Hall–Kier alpha value is -1.60. The molecule has 1 aromatic heterocycles. The number of halogens is 1. The van der Waals surface area contributed by atoms with Gasteiger partial charge in [0.1, 0.15) is 6.54 Å². The Kier molecular flexibility index (Phi) is 7.51. The van der Waals surface area contributed by atoms with Crippen molar-refractivity contribution in [2.75, 3.05) is 26.7 Å². The van der Waals surface area contributed by atoms with Gasteiger partial charge in [-0.15, -0.1) is 12.4 Å². The molecule has 1 aromatic rings. The van der Waals surface area contributed by atoms with Crippen LogP contribution in [0.1, 0.15) is 19.3 Å². The molecule has 1 aliphatic heterocycles. The maximum Gasteiger partial charge on any atom is 0.331 e. The number of nitrogens with one attached hydrogen (secondary N) is 1. The predicted octanol–water partition coefficient (Wildman–Crippen LogP) is -0.183. The largest absolute Gasteiger partial charge is 0.341 e. The molecule has 0 bridgehead atoms. The highest BCUT2D eigenvalue weighted by Crippen LogP contribution is 2.20. The van der Waals surface area contributed by atoms with Gasteiger partial charge in [0.25, 0.3) is 5.56 Å². The highest BCUT2D eigenvalue weighted by molar-refractivity contribution is 5.85. The number of carbonyl (C=O) groups excluding carboxylic acids is 1. The predicted molar refractivity (Wildman–Crippen MR) is 91.0 cm³/mol. The summed E-state index contributed by atoms with van der Waals surface area (Å²) in [4.78, 5) is 37.4. The van der Waals surface area contributed by atoms with Crippen molar-refractivity contribution in [2.24, 2.45) is 13.0 Å². The van der Waals surface area contributed by atoms with Gasteiger partial charge in [0.2, 0.25) is 5.91 Å². The molecule has 130 valence electrons. The molecule has 0 aliphatic carbocycles. The fraction of sp³-hybridized carbons (Fsp3) is 0.667. The number of hydrogen-bond acceptors (Lipinski definition) is 4. The molecule has 2 rings (SSSR count). The fourth-order valence-corrected chi connectivity index (χ4v) is 2.80. The monoisotopic (exact) mass is 344 g/mol. The van der Waals surface area contributed by atoms with Gasteiger partial charge in [-0.05, 0) is 38.8 Å². The smallest absolute Gasteiger partial charge is 0.331 e. The highest BCUT2D eigenvalue weighted by atomic mass is 35.5. The van der Waals surface area contributed by atoms with E-state index in [4.69, 9.17) is 0 Å². The molecule has 0 atom stereocenters. The molecule has 1 amide bonds. The van der Waals surface area contributed by atoms with Crippen molar-refractivity contribution in [1.29, 1.82) is 0 Å². The number of amides is 1. The van der Waals surface area contributed by atoms with Crippen LogP contribution in [0.5, 0.6) is 0 Å². The Morgan fingerprint density at radius 2 is 1.96 bits per heavy atom. The van der Waals surface area contributed by atoms with Crippen LogP contribution in [0.2, 0.25) is 0 Å². The van der Waals surface area contributed by atoms with Gasteiger partial charge in [-0.3, -0.25) is 18.7 Å². The van der Waals surface area contributed by atoms with E-state index in [9.17, 15) is 14.4 Å². The zero-order valence-electron chi connectivity index (χ0n) is 13.7. The van der Waals surface area contributed by atoms with E-state index in [-0.39, 0.29) is 30.4 Å². The maximum atomic E-state index is 12.3. The summed E-state index contributed by atoms with van der Waals surface area (Å²) in [7, 11) is 3.36. The third-order valence-corrected chi connectivity index (χ3v) is 4.34. The normalized spacial score (nSPS) is 15.3. The second-order valence-electron chi connectivity index (χ2n) is 5.84. The summed E-state index contributed by atoms with van der Waals surface area (Å²) in [6.45, 7) is 2.49. The number of nitrogens with zero attached hydrogens (tertiary/aromatic N) is 3. The summed E-state index contributed by atoms with van der Waals surface area (Å²) in [5.41, 5.74) is -0.816. The molecule has 0 spiro atoms. The minimum atomic E-state index is -0.454. The molecular weight excluding hydrogens is 320 g/mol. The van der Waals surface area contributed by atoms with E-state index in [1.165, 1.54) is 23.9 Å². The SMILES string of the molecule is CNCCC1CCN(C(=O)Cn2ccc(=O)n(C)c2=O)CC1.Cl. The Morgan fingerprint density at radius 3 is 2.57 bits per heavy atom. The van der Waals surface area contributed by atoms with Crippen LogP contribution in [0.15, 0.2) is 21.9 Å². The molecule has 0 unspecified atom stereocenters. The number of aromatic nitrogens is 2. The first-order valence-electron chi connectivity index (χ1n) is 7.71. The van der Waals surface area contributed by atoms with E-state index in [1.54, 1.807) is 0 Å². The topological polar surface area (TPSA) is 76.3 Å². The van der Waals surface area contributed by atoms with Crippen LogP contribution in [-0.2, 0) is 18.4 Å². The molecular formula is C15H25ClN4O3. The van der Waals surface area contributed by atoms with E-state index in [0.717, 1.165) is 43.5 Å². The van der Waals surface area contributed by atoms with Gasteiger partial charge in [0.05, 0.1) is 0 Å². The van der Waals surface area contributed by atoms with Gasteiger partial charge in [-0.1, -0.05) is 0 Å². The first-order chi connectivity index (χ1) is 10.5. The molecule has 0 saturated carbocycles. The number of piperidine rings is 1. The van der Waals surface area contributed by atoms with Crippen molar-refractivity contribution >= 4 is 18.3 Å². The second-order valence-corrected chi connectivity index (χ2v) is 5.84. The Morgan fingerprint density at radius 1 is 1.30 bits per heavy atom. The lowest BCUT2D eigenvalue weighted by molar-refractivity contribution is -0.133. The molecule has 23 heavy (non-hydrogen) atoms. The molecule has 7 nitrogen and oxygen atoms in total. The average molecular weight is 345 g/mol.